The molecule has 0 fully saturated rings. The fraction of sp³-hybridized carbons (Fsp3) is 0.769. The Labute approximate surface area is 99.4 Å². The maximum Gasteiger partial charge on any atom is 0.0512 e. The van der Waals surface area contributed by atoms with Crippen molar-refractivity contribution in [2.75, 3.05) is 5.88 Å². The molecule has 0 spiro atoms. The van der Waals surface area contributed by atoms with Crippen LogP contribution in [0.25, 0.3) is 0 Å². The van der Waals surface area contributed by atoms with Crippen molar-refractivity contribution >= 4 is 11.6 Å². The first-order valence-corrected chi connectivity index (χ1v) is 6.31. The van der Waals surface area contributed by atoms with Crippen LogP contribution in [0.2, 0.25) is 0 Å². The zero-order chi connectivity index (χ0) is 11.8. The number of allylic oxidation sites excluding steroid dienone is 1. The molecule has 2 atom stereocenters. The highest BCUT2D eigenvalue weighted by atomic mass is 35.5. The van der Waals surface area contributed by atoms with E-state index in [0.29, 0.717) is 23.6 Å². The zero-order valence-electron chi connectivity index (χ0n) is 10.4. The minimum atomic E-state index is 0.477. The summed E-state index contributed by atoms with van der Waals surface area (Å²) in [5, 5.41) is 0. The number of halogens is 1. The first-order valence-electron chi connectivity index (χ1n) is 5.78. The number of rotatable bonds is 6. The van der Waals surface area contributed by atoms with Crippen LogP contribution in [0.4, 0.5) is 0 Å². The van der Waals surface area contributed by atoms with Crippen LogP contribution >= 0.6 is 11.6 Å². The third-order valence-corrected chi connectivity index (χ3v) is 3.13. The smallest absolute Gasteiger partial charge is 0.0512 e. The summed E-state index contributed by atoms with van der Waals surface area (Å²) in [5.41, 5.74) is 9.87. The highest BCUT2D eigenvalue weighted by molar-refractivity contribution is 6.18. The van der Waals surface area contributed by atoms with Crippen LogP contribution in [0.1, 0.15) is 40.5 Å². The highest BCUT2D eigenvalue weighted by Gasteiger charge is 2.15. The standard InChI is InChI=1S/C13H24ClN/c1-5-11(4)12(9-14)8-13(15)7-6-10(2)3/h6,10-12H,5,8-9,15H2,1-4H3. The molecule has 0 bridgehead atoms. The lowest BCUT2D eigenvalue weighted by atomic mass is 9.89. The number of alkyl halides is 1. The zero-order valence-corrected chi connectivity index (χ0v) is 11.1. The van der Waals surface area contributed by atoms with E-state index in [1.54, 1.807) is 0 Å². The highest BCUT2D eigenvalue weighted by Crippen LogP contribution is 2.22. The van der Waals surface area contributed by atoms with Crippen LogP contribution in [-0.4, -0.2) is 5.88 Å². The third kappa shape index (κ3) is 6.65. The molecular formula is C13H24ClN. The maximum absolute atomic E-state index is 5.94. The average molecular weight is 230 g/mol. The van der Waals surface area contributed by atoms with Gasteiger partial charge in [0.1, 0.15) is 0 Å². The molecule has 0 aromatic heterocycles. The topological polar surface area (TPSA) is 26.0 Å². The van der Waals surface area contributed by atoms with Gasteiger partial charge in [-0.25, -0.2) is 0 Å². The van der Waals surface area contributed by atoms with E-state index in [1.165, 1.54) is 0 Å². The lowest BCUT2D eigenvalue weighted by Crippen LogP contribution is -2.16. The van der Waals surface area contributed by atoms with Gasteiger partial charge in [-0.15, -0.1) is 17.3 Å². The minimum absolute atomic E-state index is 0.477. The molecule has 0 aliphatic carbocycles. The predicted molar refractivity (Wildman–Crippen MR) is 68.9 cm³/mol. The van der Waals surface area contributed by atoms with Gasteiger partial charge in [0, 0.05) is 5.88 Å². The molecule has 0 heterocycles. The van der Waals surface area contributed by atoms with Gasteiger partial charge in [0.2, 0.25) is 0 Å². The molecule has 0 aliphatic rings. The molecule has 0 amide bonds. The summed E-state index contributed by atoms with van der Waals surface area (Å²) < 4.78 is 0. The van der Waals surface area contributed by atoms with E-state index >= 15 is 0 Å². The Morgan fingerprint density at radius 2 is 2.00 bits per heavy atom. The van der Waals surface area contributed by atoms with Gasteiger partial charge in [0.25, 0.3) is 0 Å². The van der Waals surface area contributed by atoms with Crippen molar-refractivity contribution in [3.63, 3.8) is 0 Å². The van der Waals surface area contributed by atoms with E-state index in [-0.39, 0.29) is 0 Å². The van der Waals surface area contributed by atoms with Gasteiger partial charge in [0.15, 0.2) is 0 Å². The molecule has 0 rings (SSSR count). The predicted octanol–water partition coefficient (Wildman–Crippen LogP) is 3.93. The van der Waals surface area contributed by atoms with E-state index in [9.17, 15) is 0 Å². The molecule has 0 radical (unpaired) electrons. The molecule has 0 saturated heterocycles. The van der Waals surface area contributed by atoms with Crippen molar-refractivity contribution in [3.8, 4) is 0 Å². The summed E-state index contributed by atoms with van der Waals surface area (Å²) in [7, 11) is 0. The summed E-state index contributed by atoms with van der Waals surface area (Å²) >= 11 is 5.94. The van der Waals surface area contributed by atoms with Crippen molar-refractivity contribution < 1.29 is 0 Å². The summed E-state index contributed by atoms with van der Waals surface area (Å²) in [6.45, 7) is 8.66. The Balaban J connectivity index is 4.36. The van der Waals surface area contributed by atoms with E-state index in [1.807, 2.05) is 6.08 Å². The van der Waals surface area contributed by atoms with Gasteiger partial charge < -0.3 is 5.73 Å². The largest absolute Gasteiger partial charge is 0.396 e. The first-order chi connectivity index (χ1) is 7.01. The molecule has 0 aromatic rings. The molecule has 2 heteroatoms. The van der Waals surface area contributed by atoms with Crippen LogP contribution in [0.3, 0.4) is 0 Å². The van der Waals surface area contributed by atoms with E-state index in [2.05, 4.69) is 33.4 Å². The second kappa shape index (κ2) is 7.84. The van der Waals surface area contributed by atoms with E-state index in [4.69, 9.17) is 17.3 Å². The van der Waals surface area contributed by atoms with Crippen molar-refractivity contribution in [2.24, 2.45) is 23.5 Å². The summed E-state index contributed by atoms with van der Waals surface area (Å²) in [6, 6.07) is 0. The van der Waals surface area contributed by atoms with Gasteiger partial charge in [0.05, 0.1) is 5.70 Å². The molecule has 2 N–H and O–H groups in total. The molecular weight excluding hydrogens is 206 g/mol. The molecule has 2 unspecified atom stereocenters. The number of hydrogen-bond acceptors (Lipinski definition) is 1. The van der Waals surface area contributed by atoms with Crippen LogP contribution in [0.5, 0.6) is 0 Å². The van der Waals surface area contributed by atoms with Gasteiger partial charge in [-0.1, -0.05) is 34.1 Å². The van der Waals surface area contributed by atoms with E-state index < -0.39 is 0 Å². The molecule has 0 aliphatic heterocycles. The third-order valence-electron chi connectivity index (χ3n) is 2.73. The average Bonchev–Trinajstić information content (AvgIpc) is 2.21. The second-order valence-electron chi connectivity index (χ2n) is 4.58. The van der Waals surface area contributed by atoms with Crippen molar-refractivity contribution in [1.29, 1.82) is 0 Å². The Morgan fingerprint density at radius 1 is 1.40 bits per heavy atom. The first kappa shape index (κ1) is 14.6. The van der Waals surface area contributed by atoms with E-state index in [0.717, 1.165) is 18.5 Å². The van der Waals surface area contributed by atoms with Crippen molar-refractivity contribution in [1.82, 2.24) is 0 Å². The van der Waals surface area contributed by atoms with Crippen LogP contribution in [0.15, 0.2) is 17.5 Å². The van der Waals surface area contributed by atoms with Gasteiger partial charge in [-0.3, -0.25) is 0 Å². The molecule has 0 aromatic carbocycles. The normalized spacial score (nSPS) is 14.5. The van der Waals surface area contributed by atoms with Crippen LogP contribution < -0.4 is 5.73 Å². The van der Waals surface area contributed by atoms with Crippen molar-refractivity contribution in [2.45, 2.75) is 40.5 Å². The summed E-state index contributed by atoms with van der Waals surface area (Å²) in [4.78, 5) is 0. The summed E-state index contributed by atoms with van der Waals surface area (Å²) in [6.07, 6.45) is 4.03. The number of nitrogens with two attached hydrogens (primary N) is 1. The van der Waals surface area contributed by atoms with Gasteiger partial charge in [-0.05, 0) is 30.3 Å². The second-order valence-corrected chi connectivity index (χ2v) is 4.89. The fourth-order valence-electron chi connectivity index (χ4n) is 1.36. The molecule has 0 saturated carbocycles. The molecule has 15 heavy (non-hydrogen) atoms. The lowest BCUT2D eigenvalue weighted by molar-refractivity contribution is 0.378. The Hall–Kier alpha value is -0.390. The minimum Gasteiger partial charge on any atom is -0.396 e. The maximum atomic E-state index is 5.94. The SMILES string of the molecule is CCC(C)C(CCl)CC(N)=C=CC(C)C. The van der Waals surface area contributed by atoms with Gasteiger partial charge >= 0.3 is 0 Å². The Morgan fingerprint density at radius 3 is 2.40 bits per heavy atom. The fourth-order valence-corrected chi connectivity index (χ4v) is 1.77. The van der Waals surface area contributed by atoms with Crippen LogP contribution in [-0.2, 0) is 0 Å². The van der Waals surface area contributed by atoms with Crippen LogP contribution in [0, 0.1) is 17.8 Å². The molecule has 1 nitrogen and oxygen atoms in total. The Kier molecular flexibility index (Phi) is 7.64. The monoisotopic (exact) mass is 229 g/mol. The lowest BCUT2D eigenvalue weighted by Gasteiger charge is -2.19. The quantitative estimate of drug-likeness (QED) is 0.542. The Bertz CT molecular complexity index is 227. The molecule has 88 valence electrons. The summed E-state index contributed by atoms with van der Waals surface area (Å²) in [5.74, 6) is 2.28. The van der Waals surface area contributed by atoms with Crippen molar-refractivity contribution in [3.05, 3.63) is 17.5 Å². The van der Waals surface area contributed by atoms with Gasteiger partial charge in [-0.2, -0.15) is 0 Å². The number of hydrogen-bond donors (Lipinski definition) is 1.